The Hall–Kier alpha value is -1.96. The van der Waals surface area contributed by atoms with E-state index in [9.17, 15) is 9.59 Å². The van der Waals surface area contributed by atoms with Crippen LogP contribution in [0.3, 0.4) is 0 Å². The van der Waals surface area contributed by atoms with Crippen LogP contribution in [0.15, 0.2) is 60.8 Å². The molecule has 0 heterocycles. The zero-order chi connectivity index (χ0) is 16.9. The van der Waals surface area contributed by atoms with Crippen molar-refractivity contribution in [3.63, 3.8) is 0 Å². The molecule has 2 aliphatic carbocycles. The van der Waals surface area contributed by atoms with Crippen LogP contribution in [0.5, 0.6) is 0 Å². The van der Waals surface area contributed by atoms with Gasteiger partial charge in [-0.1, -0.05) is 69.4 Å². The van der Waals surface area contributed by atoms with E-state index in [-0.39, 0.29) is 18.0 Å². The van der Waals surface area contributed by atoms with Crippen LogP contribution in [0.1, 0.15) is 45.4 Å². The van der Waals surface area contributed by atoms with Crippen molar-refractivity contribution in [2.75, 3.05) is 0 Å². The third kappa shape index (κ3) is 3.69. The molecule has 2 heteroatoms. The van der Waals surface area contributed by atoms with Crippen LogP contribution in [0, 0.1) is 11.3 Å². The summed E-state index contributed by atoms with van der Waals surface area (Å²) in [6, 6.07) is 0. The molecule has 23 heavy (non-hydrogen) atoms. The molecule has 1 atom stereocenters. The molecule has 2 nitrogen and oxygen atoms in total. The van der Waals surface area contributed by atoms with E-state index in [0.29, 0.717) is 11.5 Å². The van der Waals surface area contributed by atoms with Crippen molar-refractivity contribution in [1.82, 2.24) is 0 Å². The first-order valence-corrected chi connectivity index (χ1v) is 8.44. The smallest absolute Gasteiger partial charge is 0.170 e. The first kappa shape index (κ1) is 17.4. The lowest BCUT2D eigenvalue weighted by Crippen LogP contribution is -2.32. The molecule has 0 saturated heterocycles. The van der Waals surface area contributed by atoms with Gasteiger partial charge >= 0.3 is 0 Å². The second kappa shape index (κ2) is 7.54. The van der Waals surface area contributed by atoms with Crippen LogP contribution in [0.4, 0.5) is 0 Å². The minimum Gasteiger partial charge on any atom is -0.298 e. The summed E-state index contributed by atoms with van der Waals surface area (Å²) < 4.78 is 0. The first-order valence-electron chi connectivity index (χ1n) is 8.44. The molecule has 2 aliphatic rings. The van der Waals surface area contributed by atoms with E-state index in [0.717, 1.165) is 37.7 Å². The summed E-state index contributed by atoms with van der Waals surface area (Å²) in [6.07, 6.45) is 15.9. The van der Waals surface area contributed by atoms with Crippen molar-refractivity contribution in [2.24, 2.45) is 11.3 Å². The van der Waals surface area contributed by atoms with Crippen LogP contribution in [0.2, 0.25) is 0 Å². The minimum absolute atomic E-state index is 0.0492. The zero-order valence-electron chi connectivity index (χ0n) is 14.0. The molecule has 1 unspecified atom stereocenters. The quantitative estimate of drug-likeness (QED) is 0.381. The van der Waals surface area contributed by atoms with Gasteiger partial charge in [0.15, 0.2) is 11.6 Å². The number of carbonyl (C=O) groups excluding carboxylic acids is 2. The number of hydrogen-bond acceptors (Lipinski definition) is 2. The lowest BCUT2D eigenvalue weighted by molar-refractivity contribution is -0.130. The van der Waals surface area contributed by atoms with Gasteiger partial charge in [-0.2, -0.15) is 0 Å². The Kier molecular flexibility index (Phi) is 5.70. The van der Waals surface area contributed by atoms with Crippen molar-refractivity contribution in [1.29, 1.82) is 0 Å². The summed E-state index contributed by atoms with van der Waals surface area (Å²) in [5.41, 5.74) is 1.13. The van der Waals surface area contributed by atoms with Gasteiger partial charge in [0.25, 0.3) is 0 Å². The summed E-state index contributed by atoms with van der Waals surface area (Å²) in [6.45, 7) is 9.43. The maximum Gasteiger partial charge on any atom is 0.170 e. The van der Waals surface area contributed by atoms with E-state index in [1.807, 2.05) is 0 Å². The van der Waals surface area contributed by atoms with Gasteiger partial charge in [0.2, 0.25) is 0 Å². The van der Waals surface area contributed by atoms with Gasteiger partial charge in [-0.25, -0.2) is 0 Å². The fourth-order valence-corrected chi connectivity index (χ4v) is 3.61. The molecule has 2 rings (SSSR count). The van der Waals surface area contributed by atoms with Crippen molar-refractivity contribution in [2.45, 2.75) is 45.4 Å². The summed E-state index contributed by atoms with van der Waals surface area (Å²) in [5, 5.41) is 0. The zero-order valence-corrected chi connectivity index (χ0v) is 14.0. The van der Waals surface area contributed by atoms with E-state index < -0.39 is 5.41 Å². The molecule has 1 saturated carbocycles. The van der Waals surface area contributed by atoms with Crippen LogP contribution in [-0.4, -0.2) is 11.6 Å². The fourth-order valence-electron chi connectivity index (χ4n) is 3.61. The molecule has 0 radical (unpaired) electrons. The van der Waals surface area contributed by atoms with Gasteiger partial charge in [-0.15, -0.1) is 0 Å². The first-order chi connectivity index (χ1) is 11.0. The lowest BCUT2D eigenvalue weighted by atomic mass is 9.71. The molecule has 122 valence electrons. The number of ketones is 2. The van der Waals surface area contributed by atoms with Crippen LogP contribution in [0.25, 0.3) is 0 Å². The fraction of sp³-hybridized carbons (Fsp3) is 0.429. The molecular weight excluding hydrogens is 284 g/mol. The lowest BCUT2D eigenvalue weighted by Gasteiger charge is -2.31. The Bertz CT molecular complexity index is 595. The standard InChI is InChI=1S/C21H26O2/c1-4-8-17(5-2)19(22)15-20(23)21(13-6-7-14-21)18-11-9-16(3)10-12-18/h4-5,8-9,11-12,16H,1-2,6-7,10,13-15H2,3H3/b17-8+. The molecule has 0 amide bonds. The van der Waals surface area contributed by atoms with E-state index >= 15 is 0 Å². The number of allylic oxidation sites excluding steroid dienone is 8. The highest BCUT2D eigenvalue weighted by atomic mass is 16.1. The molecule has 0 aromatic rings. The molecule has 0 spiro atoms. The van der Waals surface area contributed by atoms with Crippen molar-refractivity contribution in [3.8, 4) is 0 Å². The average Bonchev–Trinajstić information content (AvgIpc) is 3.04. The normalized spacial score (nSPS) is 23.3. The molecule has 1 fully saturated rings. The van der Waals surface area contributed by atoms with Gasteiger partial charge in [0, 0.05) is 5.57 Å². The number of rotatable bonds is 7. The summed E-state index contributed by atoms with van der Waals surface area (Å²) in [7, 11) is 0. The molecule has 0 bridgehead atoms. The van der Waals surface area contributed by atoms with Crippen LogP contribution >= 0.6 is 0 Å². The minimum atomic E-state index is -0.452. The van der Waals surface area contributed by atoms with E-state index in [4.69, 9.17) is 0 Å². The summed E-state index contributed by atoms with van der Waals surface area (Å²) in [5.74, 6) is 0.420. The summed E-state index contributed by atoms with van der Waals surface area (Å²) in [4.78, 5) is 25.4. The predicted molar refractivity (Wildman–Crippen MR) is 95.0 cm³/mol. The van der Waals surface area contributed by atoms with Gasteiger partial charge < -0.3 is 0 Å². The Morgan fingerprint density at radius 3 is 2.52 bits per heavy atom. The molecule has 0 aliphatic heterocycles. The van der Waals surface area contributed by atoms with Crippen molar-refractivity contribution < 1.29 is 9.59 Å². The van der Waals surface area contributed by atoms with Gasteiger partial charge in [-0.05, 0) is 30.8 Å². The van der Waals surface area contributed by atoms with E-state index in [1.165, 1.54) is 6.08 Å². The van der Waals surface area contributed by atoms with E-state index in [1.54, 1.807) is 12.2 Å². The SMILES string of the molecule is C=C/C=C(\C=C)C(=O)CC(=O)C1(C2=CCC(C)C=C2)CCCC1. The topological polar surface area (TPSA) is 34.1 Å². The second-order valence-corrected chi connectivity index (χ2v) is 6.61. The molecule has 0 N–H and O–H groups in total. The number of Topliss-reactive ketones (excluding diaryl/α,β-unsaturated/α-hetero) is 2. The monoisotopic (exact) mass is 310 g/mol. The Morgan fingerprint density at radius 2 is 2.00 bits per heavy atom. The highest BCUT2D eigenvalue weighted by Gasteiger charge is 2.43. The molecule has 0 aromatic carbocycles. The highest BCUT2D eigenvalue weighted by molar-refractivity contribution is 6.11. The Labute approximate surface area is 139 Å². The molecular formula is C21H26O2. The third-order valence-electron chi connectivity index (χ3n) is 5.02. The second-order valence-electron chi connectivity index (χ2n) is 6.61. The largest absolute Gasteiger partial charge is 0.298 e. The maximum atomic E-state index is 13.0. The van der Waals surface area contributed by atoms with Gasteiger partial charge in [0.05, 0.1) is 11.8 Å². The van der Waals surface area contributed by atoms with Gasteiger partial charge in [-0.3, -0.25) is 9.59 Å². The van der Waals surface area contributed by atoms with Crippen molar-refractivity contribution >= 4 is 11.6 Å². The van der Waals surface area contributed by atoms with Crippen LogP contribution in [-0.2, 0) is 9.59 Å². The Morgan fingerprint density at radius 1 is 1.30 bits per heavy atom. The highest BCUT2D eigenvalue weighted by Crippen LogP contribution is 2.47. The Balaban J connectivity index is 2.21. The van der Waals surface area contributed by atoms with Gasteiger partial charge in [0.1, 0.15) is 0 Å². The summed E-state index contributed by atoms with van der Waals surface area (Å²) >= 11 is 0. The molecule has 0 aromatic heterocycles. The third-order valence-corrected chi connectivity index (χ3v) is 5.02. The average molecular weight is 310 g/mol. The predicted octanol–water partition coefficient (Wildman–Crippen LogP) is 4.90. The number of carbonyl (C=O) groups is 2. The van der Waals surface area contributed by atoms with Crippen molar-refractivity contribution in [3.05, 3.63) is 60.8 Å². The number of hydrogen-bond donors (Lipinski definition) is 0. The maximum absolute atomic E-state index is 13.0. The van der Waals surface area contributed by atoms with E-state index in [2.05, 4.69) is 38.3 Å². The van der Waals surface area contributed by atoms with Crippen LogP contribution < -0.4 is 0 Å².